The number of halogens is 2. The first-order chi connectivity index (χ1) is 11.0. The molecule has 1 unspecified atom stereocenters. The van der Waals surface area contributed by atoms with E-state index in [-0.39, 0.29) is 12.1 Å². The summed E-state index contributed by atoms with van der Waals surface area (Å²) in [4.78, 5) is 25.4. The number of carbonyl (C=O) groups excluding carboxylic acids is 2. The maximum atomic E-state index is 13.7. The molecule has 0 aromatic heterocycles. The fraction of sp³-hybridized carbons (Fsp3) is 0.176. The first-order valence-electron chi connectivity index (χ1n) is 7.10. The normalized spacial score (nSPS) is 16.3. The molecule has 0 saturated carbocycles. The van der Waals surface area contributed by atoms with E-state index in [4.69, 9.17) is 5.73 Å². The van der Waals surface area contributed by atoms with Crippen molar-refractivity contribution in [3.63, 3.8) is 0 Å². The summed E-state index contributed by atoms with van der Waals surface area (Å²) in [6.45, 7) is 0.0869. The van der Waals surface area contributed by atoms with Crippen LogP contribution in [-0.2, 0) is 16.0 Å². The maximum absolute atomic E-state index is 13.7. The van der Waals surface area contributed by atoms with Crippen molar-refractivity contribution in [1.82, 2.24) is 0 Å². The largest absolute Gasteiger partial charge is 0.369 e. The molecule has 1 atom stereocenters. The lowest BCUT2D eigenvalue weighted by Crippen LogP contribution is -2.34. The number of nitrogens with zero attached hydrogens (tertiary/aromatic N) is 1. The van der Waals surface area contributed by atoms with Gasteiger partial charge in [-0.1, -0.05) is 24.3 Å². The first kappa shape index (κ1) is 15.1. The molecule has 1 heterocycles. The Morgan fingerprint density at radius 2 is 1.74 bits per heavy atom. The van der Waals surface area contributed by atoms with Crippen LogP contribution in [0.2, 0.25) is 0 Å². The first-order valence-corrected chi connectivity index (χ1v) is 7.10. The minimum atomic E-state index is -0.766. The van der Waals surface area contributed by atoms with E-state index in [0.717, 1.165) is 12.1 Å². The van der Waals surface area contributed by atoms with E-state index in [0.29, 0.717) is 11.3 Å². The van der Waals surface area contributed by atoms with Gasteiger partial charge in [-0.2, -0.15) is 0 Å². The number of nitrogens with two attached hydrogens (primary N) is 1. The quantitative estimate of drug-likeness (QED) is 0.943. The van der Waals surface area contributed by atoms with Gasteiger partial charge in [0.1, 0.15) is 11.6 Å². The van der Waals surface area contributed by atoms with Gasteiger partial charge in [-0.25, -0.2) is 8.78 Å². The molecule has 2 aromatic rings. The number of amides is 2. The lowest BCUT2D eigenvalue weighted by Gasteiger charge is -2.18. The Morgan fingerprint density at radius 1 is 1.09 bits per heavy atom. The van der Waals surface area contributed by atoms with Crippen LogP contribution in [-0.4, -0.2) is 18.4 Å². The molecule has 118 valence electrons. The molecule has 1 aliphatic rings. The molecular weight excluding hydrogens is 302 g/mol. The second-order valence-corrected chi connectivity index (χ2v) is 5.40. The van der Waals surface area contributed by atoms with Crippen molar-refractivity contribution in [3.05, 3.63) is 65.2 Å². The lowest BCUT2D eigenvalue weighted by molar-refractivity contribution is -0.119. The van der Waals surface area contributed by atoms with Gasteiger partial charge in [0.25, 0.3) is 0 Å². The van der Waals surface area contributed by atoms with Crippen LogP contribution in [0, 0.1) is 11.6 Å². The fourth-order valence-corrected chi connectivity index (χ4v) is 2.83. The molecule has 2 aromatic carbocycles. The predicted octanol–water partition coefficient (Wildman–Crippen LogP) is 2.12. The van der Waals surface area contributed by atoms with E-state index in [1.165, 1.54) is 11.0 Å². The maximum Gasteiger partial charge on any atom is 0.231 e. The van der Waals surface area contributed by atoms with Gasteiger partial charge in [-0.05, 0) is 23.8 Å². The monoisotopic (exact) mass is 316 g/mol. The molecule has 0 radical (unpaired) electrons. The van der Waals surface area contributed by atoms with E-state index >= 15 is 0 Å². The molecule has 0 aliphatic carbocycles. The van der Waals surface area contributed by atoms with E-state index in [2.05, 4.69) is 0 Å². The Bertz CT molecular complexity index is 772. The number of primary amides is 1. The van der Waals surface area contributed by atoms with E-state index < -0.39 is 35.8 Å². The highest BCUT2D eigenvalue weighted by Crippen LogP contribution is 2.36. The summed E-state index contributed by atoms with van der Waals surface area (Å²) >= 11 is 0. The number of hydrogen-bond acceptors (Lipinski definition) is 2. The van der Waals surface area contributed by atoms with Crippen molar-refractivity contribution in [2.24, 2.45) is 5.73 Å². The van der Waals surface area contributed by atoms with Crippen LogP contribution >= 0.6 is 0 Å². The Morgan fingerprint density at radius 3 is 2.39 bits per heavy atom. The van der Waals surface area contributed by atoms with Crippen LogP contribution in [0.1, 0.15) is 17.0 Å². The van der Waals surface area contributed by atoms with E-state index in [9.17, 15) is 18.4 Å². The summed E-state index contributed by atoms with van der Waals surface area (Å²) in [5.41, 5.74) is 6.31. The molecule has 0 spiro atoms. The van der Waals surface area contributed by atoms with Crippen LogP contribution in [0.5, 0.6) is 0 Å². The topological polar surface area (TPSA) is 63.4 Å². The minimum absolute atomic E-state index is 0.0869. The summed E-state index contributed by atoms with van der Waals surface area (Å²) in [6, 6.07) is 10.3. The van der Waals surface area contributed by atoms with Crippen LogP contribution in [0.25, 0.3) is 0 Å². The SMILES string of the molecule is NC(=O)C1CN(C(=O)Cc2c(F)cccc2F)c2ccccc21. The zero-order chi connectivity index (χ0) is 16.6. The third kappa shape index (κ3) is 2.67. The zero-order valence-corrected chi connectivity index (χ0v) is 12.1. The zero-order valence-electron chi connectivity index (χ0n) is 12.1. The Kier molecular flexibility index (Phi) is 3.82. The van der Waals surface area contributed by atoms with Crippen molar-refractivity contribution in [1.29, 1.82) is 0 Å². The van der Waals surface area contributed by atoms with Gasteiger partial charge in [-0.15, -0.1) is 0 Å². The van der Waals surface area contributed by atoms with Gasteiger partial charge in [0.15, 0.2) is 0 Å². The Labute approximate surface area is 131 Å². The second-order valence-electron chi connectivity index (χ2n) is 5.40. The second kappa shape index (κ2) is 5.79. The smallest absolute Gasteiger partial charge is 0.231 e. The number of carbonyl (C=O) groups is 2. The van der Waals surface area contributed by atoms with E-state index in [1.807, 2.05) is 0 Å². The molecule has 3 rings (SSSR count). The van der Waals surface area contributed by atoms with Crippen LogP contribution < -0.4 is 10.6 Å². The van der Waals surface area contributed by atoms with Crippen molar-refractivity contribution in [2.45, 2.75) is 12.3 Å². The average Bonchev–Trinajstić information content (AvgIpc) is 2.91. The highest BCUT2D eigenvalue weighted by Gasteiger charge is 2.35. The van der Waals surface area contributed by atoms with Gasteiger partial charge in [0.05, 0.1) is 12.3 Å². The van der Waals surface area contributed by atoms with Gasteiger partial charge in [-0.3, -0.25) is 9.59 Å². The summed E-state index contributed by atoms with van der Waals surface area (Å²) in [7, 11) is 0. The molecule has 23 heavy (non-hydrogen) atoms. The molecule has 0 saturated heterocycles. The van der Waals surface area contributed by atoms with Crippen LogP contribution in [0.4, 0.5) is 14.5 Å². The molecule has 0 bridgehead atoms. The van der Waals surface area contributed by atoms with Crippen molar-refractivity contribution in [3.8, 4) is 0 Å². The minimum Gasteiger partial charge on any atom is -0.369 e. The predicted molar refractivity (Wildman–Crippen MR) is 80.8 cm³/mol. The molecule has 2 N–H and O–H groups in total. The average molecular weight is 316 g/mol. The number of fused-ring (bicyclic) bond motifs is 1. The summed E-state index contributed by atoms with van der Waals surface area (Å²) in [5.74, 6) is -3.16. The number of anilines is 1. The molecule has 2 amide bonds. The number of para-hydroxylation sites is 1. The fourth-order valence-electron chi connectivity index (χ4n) is 2.83. The van der Waals surface area contributed by atoms with Gasteiger partial charge >= 0.3 is 0 Å². The van der Waals surface area contributed by atoms with Crippen LogP contribution in [0.15, 0.2) is 42.5 Å². The number of hydrogen-bond donors (Lipinski definition) is 1. The summed E-state index contributed by atoms with van der Waals surface area (Å²) in [6.07, 6.45) is -0.418. The molecule has 1 aliphatic heterocycles. The highest BCUT2D eigenvalue weighted by molar-refractivity contribution is 6.00. The van der Waals surface area contributed by atoms with Crippen molar-refractivity contribution < 1.29 is 18.4 Å². The highest BCUT2D eigenvalue weighted by atomic mass is 19.1. The molecule has 4 nitrogen and oxygen atoms in total. The third-order valence-corrected chi connectivity index (χ3v) is 4.00. The van der Waals surface area contributed by atoms with Crippen molar-refractivity contribution in [2.75, 3.05) is 11.4 Å². The Balaban J connectivity index is 1.91. The van der Waals surface area contributed by atoms with Crippen molar-refractivity contribution >= 4 is 17.5 Å². The number of rotatable bonds is 3. The van der Waals surface area contributed by atoms with E-state index in [1.54, 1.807) is 24.3 Å². The third-order valence-electron chi connectivity index (χ3n) is 4.00. The molecular formula is C17H14F2N2O2. The summed E-state index contributed by atoms with van der Waals surface area (Å²) < 4.78 is 27.4. The standard InChI is InChI=1S/C17H14F2N2O2/c18-13-5-3-6-14(19)11(13)8-16(22)21-9-12(17(20)23)10-4-1-2-7-15(10)21/h1-7,12H,8-9H2,(H2,20,23). The lowest BCUT2D eigenvalue weighted by atomic mass is 10.0. The summed E-state index contributed by atoms with van der Waals surface area (Å²) in [5, 5.41) is 0. The molecule has 0 fully saturated rings. The van der Waals surface area contributed by atoms with Gasteiger partial charge in [0.2, 0.25) is 11.8 Å². The van der Waals surface area contributed by atoms with Gasteiger partial charge in [0, 0.05) is 17.8 Å². The molecule has 6 heteroatoms. The van der Waals surface area contributed by atoms with Gasteiger partial charge < -0.3 is 10.6 Å². The van der Waals surface area contributed by atoms with Crippen LogP contribution in [0.3, 0.4) is 0 Å². The number of benzene rings is 2. The Hall–Kier alpha value is -2.76.